The number of methoxy groups -OCH3 is 1. The number of hydrogen-bond donors (Lipinski definition) is 2. The normalized spacial score (nSPS) is 14.6. The van der Waals surface area contributed by atoms with Gasteiger partial charge in [-0.2, -0.15) is 4.39 Å². The zero-order valence-electron chi connectivity index (χ0n) is 24.7. The first-order valence-corrected chi connectivity index (χ1v) is 14.3. The Labute approximate surface area is 253 Å². The molecule has 0 bridgehead atoms. The molecule has 0 aliphatic carbocycles. The van der Waals surface area contributed by atoms with E-state index in [4.69, 9.17) is 9.47 Å². The van der Waals surface area contributed by atoms with Gasteiger partial charge in [-0.15, -0.1) is 0 Å². The van der Waals surface area contributed by atoms with Gasteiger partial charge in [0.25, 0.3) is 11.5 Å². The van der Waals surface area contributed by atoms with Crippen molar-refractivity contribution in [2.75, 3.05) is 18.6 Å². The smallest absolute Gasteiger partial charge is 0.333 e. The summed E-state index contributed by atoms with van der Waals surface area (Å²) in [6, 6.07) is 16.4. The molecule has 1 unspecified atom stereocenters. The van der Waals surface area contributed by atoms with Crippen LogP contribution in [0.1, 0.15) is 65.9 Å². The van der Waals surface area contributed by atoms with Crippen LogP contribution in [0.5, 0.6) is 17.2 Å². The van der Waals surface area contributed by atoms with Gasteiger partial charge in [-0.25, -0.2) is 4.79 Å². The molecule has 1 fully saturated rings. The number of rotatable bonds is 9. The van der Waals surface area contributed by atoms with E-state index < -0.39 is 29.2 Å². The fraction of sp³-hybridized carbons (Fsp3) is 0.303. The van der Waals surface area contributed by atoms with E-state index in [0.29, 0.717) is 35.6 Å². The number of carbonyl (C=O) groups is 1. The summed E-state index contributed by atoms with van der Waals surface area (Å²) in [5.41, 5.74) is 0.609. The van der Waals surface area contributed by atoms with E-state index in [-0.39, 0.29) is 36.1 Å². The van der Waals surface area contributed by atoms with Crippen molar-refractivity contribution in [3.63, 3.8) is 0 Å². The van der Waals surface area contributed by atoms with Gasteiger partial charge in [-0.05, 0) is 65.8 Å². The summed E-state index contributed by atoms with van der Waals surface area (Å²) in [7, 11) is 1.56. The number of ether oxygens (including phenoxy) is 2. The molecular weight excluding hydrogens is 569 g/mol. The van der Waals surface area contributed by atoms with Gasteiger partial charge >= 0.3 is 5.69 Å². The predicted octanol–water partition coefficient (Wildman–Crippen LogP) is 4.90. The van der Waals surface area contributed by atoms with Crippen molar-refractivity contribution < 1.29 is 28.9 Å². The number of carbonyl (C=O) groups excluding carboxylic acids is 1. The van der Waals surface area contributed by atoms with Gasteiger partial charge in [0.05, 0.1) is 32.0 Å². The van der Waals surface area contributed by atoms with Gasteiger partial charge in [-0.1, -0.05) is 38.1 Å². The van der Waals surface area contributed by atoms with Crippen molar-refractivity contribution in [1.82, 2.24) is 9.13 Å². The molecule has 1 aliphatic heterocycles. The maximum absolute atomic E-state index is 14.5. The second kappa shape index (κ2) is 12.8. The molecule has 44 heavy (non-hydrogen) atoms. The largest absolute Gasteiger partial charge is 0.508 e. The fourth-order valence-corrected chi connectivity index (χ4v) is 5.24. The molecule has 2 heterocycles. The molecule has 11 heteroatoms. The Bertz CT molecular complexity index is 1770. The van der Waals surface area contributed by atoms with Gasteiger partial charge in [0.1, 0.15) is 23.5 Å². The van der Waals surface area contributed by atoms with E-state index in [1.807, 2.05) is 26.0 Å². The first kappa shape index (κ1) is 30.6. The molecule has 2 N–H and O–H groups in total. The highest BCUT2D eigenvalue weighted by Gasteiger charge is 2.25. The number of phenolic OH excluding ortho intramolecular Hbond substituents is 2. The average Bonchev–Trinajstić information content (AvgIpc) is 3.55. The van der Waals surface area contributed by atoms with Gasteiger partial charge in [0.2, 0.25) is 5.82 Å². The van der Waals surface area contributed by atoms with Gasteiger partial charge in [0, 0.05) is 18.4 Å². The minimum atomic E-state index is -1.05. The molecule has 0 saturated carbocycles. The highest BCUT2D eigenvalue weighted by atomic mass is 19.1. The van der Waals surface area contributed by atoms with E-state index in [1.165, 1.54) is 11.0 Å². The van der Waals surface area contributed by atoms with E-state index in [1.54, 1.807) is 43.5 Å². The molecular formula is C33H34FN3O7. The van der Waals surface area contributed by atoms with Crippen LogP contribution in [0.25, 0.3) is 0 Å². The molecule has 0 radical (unpaired) electrons. The highest BCUT2D eigenvalue weighted by molar-refractivity contribution is 6.08. The average molecular weight is 604 g/mol. The van der Waals surface area contributed by atoms with Crippen LogP contribution in [-0.4, -0.2) is 39.0 Å². The third-order valence-electron chi connectivity index (χ3n) is 7.70. The molecule has 4 aromatic rings. The summed E-state index contributed by atoms with van der Waals surface area (Å²) in [5, 5.41) is 21.0. The van der Waals surface area contributed by atoms with E-state index in [9.17, 15) is 29.0 Å². The van der Waals surface area contributed by atoms with Crippen LogP contribution in [0.3, 0.4) is 0 Å². The lowest BCUT2D eigenvalue weighted by molar-refractivity contribution is 0.0504. The molecule has 1 atom stereocenters. The minimum Gasteiger partial charge on any atom is -0.508 e. The Hall–Kier alpha value is -4.90. The Kier molecular flexibility index (Phi) is 8.86. The number of halogens is 1. The molecule has 1 saturated heterocycles. The SMILES string of the molecule is COc1ccc(CN(C(=O)c2cc(C(C)C)c(O)cc2O)c2ccc(Cn3c(=O)c(F)cn(C4CCCO4)c3=O)cc2)cc1. The third kappa shape index (κ3) is 6.23. The van der Waals surface area contributed by atoms with E-state index in [2.05, 4.69) is 0 Å². The van der Waals surface area contributed by atoms with Crippen LogP contribution in [0.15, 0.2) is 76.4 Å². The molecule has 0 spiro atoms. The van der Waals surface area contributed by atoms with Crippen LogP contribution >= 0.6 is 0 Å². The van der Waals surface area contributed by atoms with Crippen molar-refractivity contribution >= 4 is 11.6 Å². The molecule has 1 aliphatic rings. The predicted molar refractivity (Wildman–Crippen MR) is 162 cm³/mol. The standard InChI is InChI=1S/C33H34FN3O7/c1-20(2)25-15-26(29(39)16-28(25)38)31(40)35(17-22-8-12-24(43-3)13-9-22)23-10-6-21(7-11-23)18-37-32(41)27(34)19-36(33(37)42)30-5-4-14-44-30/h6-13,15-16,19-20,30,38-39H,4-5,14,17-18H2,1-3H3. The lowest BCUT2D eigenvalue weighted by atomic mass is 9.98. The van der Waals surface area contributed by atoms with Crippen molar-refractivity contribution in [2.24, 2.45) is 0 Å². The number of aromatic hydroxyl groups is 2. The fourth-order valence-electron chi connectivity index (χ4n) is 5.24. The van der Waals surface area contributed by atoms with Gasteiger partial charge in [0.15, 0.2) is 0 Å². The van der Waals surface area contributed by atoms with Crippen molar-refractivity contribution in [3.05, 3.63) is 116 Å². The zero-order chi connectivity index (χ0) is 31.5. The van der Waals surface area contributed by atoms with Crippen molar-refractivity contribution in [3.8, 4) is 17.2 Å². The van der Waals surface area contributed by atoms with Gasteiger partial charge in [-0.3, -0.25) is 18.7 Å². The molecule has 1 amide bonds. The first-order valence-electron chi connectivity index (χ1n) is 14.3. The Balaban J connectivity index is 1.49. The summed E-state index contributed by atoms with van der Waals surface area (Å²) in [4.78, 5) is 41.1. The molecule has 10 nitrogen and oxygen atoms in total. The molecule has 5 rings (SSSR count). The summed E-state index contributed by atoms with van der Waals surface area (Å²) in [6.07, 6.45) is 1.54. The quantitative estimate of drug-likeness (QED) is 0.279. The lowest BCUT2D eigenvalue weighted by Crippen LogP contribution is -2.42. The minimum absolute atomic E-state index is 0.0186. The van der Waals surface area contributed by atoms with E-state index in [0.717, 1.165) is 33.4 Å². The molecule has 1 aromatic heterocycles. The monoisotopic (exact) mass is 603 g/mol. The third-order valence-corrected chi connectivity index (χ3v) is 7.70. The number of amides is 1. The van der Waals surface area contributed by atoms with Crippen LogP contribution < -0.4 is 20.9 Å². The topological polar surface area (TPSA) is 123 Å². The zero-order valence-corrected chi connectivity index (χ0v) is 24.7. The number of phenols is 2. The van der Waals surface area contributed by atoms with Gasteiger partial charge < -0.3 is 24.6 Å². The number of aromatic nitrogens is 2. The van der Waals surface area contributed by atoms with Crippen molar-refractivity contribution in [2.45, 2.75) is 51.9 Å². The number of benzene rings is 3. The number of anilines is 1. The molecule has 3 aromatic carbocycles. The Morgan fingerprint density at radius 3 is 2.34 bits per heavy atom. The summed E-state index contributed by atoms with van der Waals surface area (Å²) in [6.45, 7) is 4.13. The number of hydrogen-bond acceptors (Lipinski definition) is 7. The summed E-state index contributed by atoms with van der Waals surface area (Å²) >= 11 is 0. The van der Waals surface area contributed by atoms with Crippen LogP contribution in [0.4, 0.5) is 10.1 Å². The first-order chi connectivity index (χ1) is 21.1. The number of nitrogens with zero attached hydrogens (tertiary/aromatic N) is 3. The van der Waals surface area contributed by atoms with Crippen LogP contribution in [0.2, 0.25) is 0 Å². The summed E-state index contributed by atoms with van der Waals surface area (Å²) in [5.74, 6) is -1.48. The van der Waals surface area contributed by atoms with E-state index >= 15 is 0 Å². The van der Waals surface area contributed by atoms with Crippen molar-refractivity contribution in [1.29, 1.82) is 0 Å². The maximum atomic E-state index is 14.5. The second-order valence-electron chi connectivity index (χ2n) is 11.0. The van der Waals surface area contributed by atoms with Crippen LogP contribution in [0, 0.1) is 5.82 Å². The van der Waals surface area contributed by atoms with Crippen LogP contribution in [-0.2, 0) is 17.8 Å². The summed E-state index contributed by atoms with van der Waals surface area (Å²) < 4.78 is 27.3. The maximum Gasteiger partial charge on any atom is 0.333 e. The lowest BCUT2D eigenvalue weighted by Gasteiger charge is -2.25. The molecule has 230 valence electrons. The second-order valence-corrected chi connectivity index (χ2v) is 11.0. The Morgan fingerprint density at radius 1 is 1.05 bits per heavy atom. The Morgan fingerprint density at radius 2 is 1.73 bits per heavy atom. The highest BCUT2D eigenvalue weighted by Crippen LogP contribution is 2.34.